The van der Waals surface area contributed by atoms with Crippen LogP contribution in [0.4, 0.5) is 4.39 Å². The second-order valence-electron chi connectivity index (χ2n) is 5.19. The van der Waals surface area contributed by atoms with Crippen molar-refractivity contribution >= 4 is 11.6 Å². The Kier molecular flexibility index (Phi) is 3.74. The third-order valence-electron chi connectivity index (χ3n) is 3.77. The lowest BCUT2D eigenvalue weighted by Crippen LogP contribution is -2.25. The summed E-state index contributed by atoms with van der Waals surface area (Å²) in [4.78, 5) is 0. The van der Waals surface area contributed by atoms with Crippen LogP contribution in [0.3, 0.4) is 0 Å². The maximum atomic E-state index is 13.3. The molecule has 1 saturated carbocycles. The van der Waals surface area contributed by atoms with Gasteiger partial charge in [0, 0.05) is 10.6 Å². The van der Waals surface area contributed by atoms with Crippen molar-refractivity contribution in [2.45, 2.75) is 44.6 Å². The van der Waals surface area contributed by atoms with Gasteiger partial charge in [0.05, 0.1) is 5.60 Å². The van der Waals surface area contributed by atoms with E-state index in [2.05, 4.69) is 6.92 Å². The zero-order valence-electron chi connectivity index (χ0n) is 10.0. The van der Waals surface area contributed by atoms with Gasteiger partial charge in [0.1, 0.15) is 5.82 Å². The highest BCUT2D eigenvalue weighted by molar-refractivity contribution is 6.31. The van der Waals surface area contributed by atoms with Crippen LogP contribution in [-0.2, 0) is 5.60 Å². The monoisotopic (exact) mass is 256 g/mol. The van der Waals surface area contributed by atoms with E-state index in [1.807, 2.05) is 0 Å². The Morgan fingerprint density at radius 3 is 2.88 bits per heavy atom. The molecule has 1 aliphatic rings. The van der Waals surface area contributed by atoms with E-state index >= 15 is 0 Å². The minimum absolute atomic E-state index is 0.338. The Morgan fingerprint density at radius 1 is 1.35 bits per heavy atom. The molecule has 1 aromatic carbocycles. The van der Waals surface area contributed by atoms with Crippen molar-refractivity contribution in [3.8, 4) is 0 Å². The van der Waals surface area contributed by atoms with Gasteiger partial charge in [-0.15, -0.1) is 0 Å². The van der Waals surface area contributed by atoms with Gasteiger partial charge in [-0.25, -0.2) is 4.39 Å². The van der Waals surface area contributed by atoms with Crippen LogP contribution in [0.15, 0.2) is 18.2 Å². The van der Waals surface area contributed by atoms with Crippen LogP contribution in [0.25, 0.3) is 0 Å². The maximum Gasteiger partial charge on any atom is 0.123 e. The molecular formula is C14H18ClFO. The van der Waals surface area contributed by atoms with Crippen molar-refractivity contribution in [1.29, 1.82) is 0 Å². The molecule has 2 unspecified atom stereocenters. The largest absolute Gasteiger partial charge is 0.385 e. The fraction of sp³-hybridized carbons (Fsp3) is 0.571. The Morgan fingerprint density at radius 2 is 2.12 bits per heavy atom. The maximum absolute atomic E-state index is 13.3. The standard InChI is InChI=1S/C14H18ClFO/c1-10-3-2-7-14(17,8-6-10)12-9-11(16)4-5-13(12)15/h4-5,9-10,17H,2-3,6-8H2,1H3. The van der Waals surface area contributed by atoms with Crippen molar-refractivity contribution < 1.29 is 9.50 Å². The molecule has 1 fully saturated rings. The van der Waals surface area contributed by atoms with Gasteiger partial charge >= 0.3 is 0 Å². The molecule has 1 aliphatic carbocycles. The fourth-order valence-corrected chi connectivity index (χ4v) is 2.91. The molecule has 2 rings (SSSR count). The van der Waals surface area contributed by atoms with Crippen molar-refractivity contribution in [1.82, 2.24) is 0 Å². The Balaban J connectivity index is 2.33. The molecule has 0 aromatic heterocycles. The van der Waals surface area contributed by atoms with E-state index in [9.17, 15) is 9.50 Å². The van der Waals surface area contributed by atoms with Gasteiger partial charge in [0.15, 0.2) is 0 Å². The van der Waals surface area contributed by atoms with Gasteiger partial charge in [-0.3, -0.25) is 0 Å². The number of hydrogen-bond donors (Lipinski definition) is 1. The minimum Gasteiger partial charge on any atom is -0.385 e. The zero-order valence-corrected chi connectivity index (χ0v) is 10.8. The van der Waals surface area contributed by atoms with Gasteiger partial charge in [-0.2, -0.15) is 0 Å². The molecule has 0 radical (unpaired) electrons. The van der Waals surface area contributed by atoms with E-state index in [4.69, 9.17) is 11.6 Å². The number of aliphatic hydroxyl groups is 1. The number of benzene rings is 1. The predicted molar refractivity (Wildman–Crippen MR) is 67.6 cm³/mol. The van der Waals surface area contributed by atoms with Gasteiger partial charge in [0.25, 0.3) is 0 Å². The van der Waals surface area contributed by atoms with Gasteiger partial charge in [-0.05, 0) is 49.8 Å². The number of hydrogen-bond acceptors (Lipinski definition) is 1. The van der Waals surface area contributed by atoms with E-state index in [1.165, 1.54) is 18.2 Å². The van der Waals surface area contributed by atoms with Crippen LogP contribution in [0.5, 0.6) is 0 Å². The normalized spacial score (nSPS) is 30.0. The molecule has 3 heteroatoms. The topological polar surface area (TPSA) is 20.2 Å². The molecule has 1 N–H and O–H groups in total. The average Bonchev–Trinajstić information content (AvgIpc) is 2.46. The summed E-state index contributed by atoms with van der Waals surface area (Å²) in [5, 5.41) is 11.2. The first kappa shape index (κ1) is 12.8. The van der Waals surface area contributed by atoms with Gasteiger partial charge in [0.2, 0.25) is 0 Å². The van der Waals surface area contributed by atoms with Crippen LogP contribution >= 0.6 is 11.6 Å². The number of rotatable bonds is 1. The van der Waals surface area contributed by atoms with Crippen LogP contribution in [0, 0.1) is 11.7 Å². The summed E-state index contributed by atoms with van der Waals surface area (Å²) in [6, 6.07) is 4.23. The zero-order chi connectivity index (χ0) is 12.5. The molecule has 0 bridgehead atoms. The van der Waals surface area contributed by atoms with Gasteiger partial charge in [-0.1, -0.05) is 24.9 Å². The molecule has 0 spiro atoms. The van der Waals surface area contributed by atoms with E-state index in [0.717, 1.165) is 19.3 Å². The summed E-state index contributed by atoms with van der Waals surface area (Å²) in [6.45, 7) is 2.19. The average molecular weight is 257 g/mol. The smallest absolute Gasteiger partial charge is 0.123 e. The molecule has 0 amide bonds. The van der Waals surface area contributed by atoms with E-state index in [0.29, 0.717) is 29.3 Å². The van der Waals surface area contributed by atoms with Crippen molar-refractivity contribution in [2.75, 3.05) is 0 Å². The first-order valence-electron chi connectivity index (χ1n) is 6.19. The van der Waals surface area contributed by atoms with E-state index in [-0.39, 0.29) is 5.82 Å². The lowest BCUT2D eigenvalue weighted by Gasteiger charge is -2.28. The molecule has 1 aromatic rings. The summed E-state index contributed by atoms with van der Waals surface area (Å²) >= 11 is 6.08. The Bertz CT molecular complexity index is 407. The van der Waals surface area contributed by atoms with Crippen molar-refractivity contribution in [3.05, 3.63) is 34.6 Å². The van der Waals surface area contributed by atoms with Crippen LogP contribution < -0.4 is 0 Å². The third kappa shape index (κ3) is 2.80. The summed E-state index contributed by atoms with van der Waals surface area (Å²) in [7, 11) is 0. The molecule has 94 valence electrons. The van der Waals surface area contributed by atoms with Crippen molar-refractivity contribution in [2.24, 2.45) is 5.92 Å². The lowest BCUT2D eigenvalue weighted by atomic mass is 9.86. The Hall–Kier alpha value is -0.600. The summed E-state index contributed by atoms with van der Waals surface area (Å²) < 4.78 is 13.3. The highest BCUT2D eigenvalue weighted by Crippen LogP contribution is 2.40. The highest BCUT2D eigenvalue weighted by atomic mass is 35.5. The quantitative estimate of drug-likeness (QED) is 0.744. The SMILES string of the molecule is CC1CCCC(O)(c2cc(F)ccc2Cl)CC1. The molecule has 17 heavy (non-hydrogen) atoms. The fourth-order valence-electron chi connectivity index (χ4n) is 2.62. The summed E-state index contributed by atoms with van der Waals surface area (Å²) in [5.41, 5.74) is -0.405. The first-order valence-corrected chi connectivity index (χ1v) is 6.57. The van der Waals surface area contributed by atoms with Gasteiger partial charge < -0.3 is 5.11 Å². The predicted octanol–water partition coefficient (Wildman–Crippen LogP) is 4.27. The van der Waals surface area contributed by atoms with Crippen molar-refractivity contribution in [3.63, 3.8) is 0 Å². The first-order chi connectivity index (χ1) is 8.01. The second kappa shape index (κ2) is 4.95. The Labute approximate surface area is 107 Å². The second-order valence-corrected chi connectivity index (χ2v) is 5.60. The summed E-state index contributed by atoms with van der Waals surface area (Å²) in [5.74, 6) is 0.284. The van der Waals surface area contributed by atoms with Crippen LogP contribution in [0.1, 0.15) is 44.6 Å². The molecule has 0 heterocycles. The highest BCUT2D eigenvalue weighted by Gasteiger charge is 2.33. The molecule has 1 nitrogen and oxygen atoms in total. The van der Waals surface area contributed by atoms with Crippen LogP contribution in [0.2, 0.25) is 5.02 Å². The molecule has 0 aliphatic heterocycles. The number of halogens is 2. The minimum atomic E-state index is -0.954. The third-order valence-corrected chi connectivity index (χ3v) is 4.10. The lowest BCUT2D eigenvalue weighted by molar-refractivity contribution is 0.0196. The molecule has 0 saturated heterocycles. The van der Waals surface area contributed by atoms with E-state index < -0.39 is 5.60 Å². The molecule has 2 atom stereocenters. The van der Waals surface area contributed by atoms with E-state index in [1.54, 1.807) is 0 Å². The summed E-state index contributed by atoms with van der Waals surface area (Å²) in [6.07, 6.45) is 4.38. The molecular weight excluding hydrogens is 239 g/mol. The van der Waals surface area contributed by atoms with Crippen LogP contribution in [-0.4, -0.2) is 5.11 Å².